The molecule has 0 unspecified atom stereocenters. The Labute approximate surface area is 74.8 Å². The van der Waals surface area contributed by atoms with Crippen LogP contribution in [-0.2, 0) is 4.74 Å². The van der Waals surface area contributed by atoms with Crippen LogP contribution in [0.2, 0.25) is 0 Å². The molecule has 0 atom stereocenters. The third-order valence-corrected chi connectivity index (χ3v) is 3.84. The Hall–Kier alpha value is -0.0300. The quantitative estimate of drug-likeness (QED) is 0.630. The molecule has 1 aliphatic rings. The van der Waals surface area contributed by atoms with Gasteiger partial charge in [0.1, 0.15) is 0 Å². The maximum Gasteiger partial charge on any atom is 0.411 e. The first kappa shape index (κ1) is 9.06. The number of carbonyl (C=O) groups is 1. The van der Waals surface area contributed by atoms with Crippen molar-refractivity contribution in [2.45, 2.75) is 4.77 Å². The number of thioether (sulfide) groups is 2. The summed E-state index contributed by atoms with van der Waals surface area (Å²) >= 11 is 3.36. The van der Waals surface area contributed by atoms with E-state index < -0.39 is 0 Å². The van der Waals surface area contributed by atoms with Gasteiger partial charge in [0.25, 0.3) is 0 Å². The number of nitrogens with zero attached hydrogens (tertiary/aromatic N) is 1. The summed E-state index contributed by atoms with van der Waals surface area (Å²) in [6, 6.07) is 0. The first-order valence-corrected chi connectivity index (χ1v) is 5.41. The van der Waals surface area contributed by atoms with Crippen molar-refractivity contribution in [1.29, 1.82) is 0 Å². The summed E-state index contributed by atoms with van der Waals surface area (Å²) in [4.78, 5) is 12.4. The fourth-order valence-corrected chi connectivity index (χ4v) is 3.01. The van der Waals surface area contributed by atoms with Gasteiger partial charge in [-0.2, -0.15) is 0 Å². The van der Waals surface area contributed by atoms with E-state index in [1.54, 1.807) is 37.6 Å². The topological polar surface area (TPSA) is 29.5 Å². The van der Waals surface area contributed by atoms with Gasteiger partial charge in [-0.25, -0.2) is 4.79 Å². The first-order chi connectivity index (χ1) is 5.20. The molecule has 0 saturated carbocycles. The van der Waals surface area contributed by atoms with Gasteiger partial charge in [0.2, 0.25) is 0 Å². The van der Waals surface area contributed by atoms with Crippen molar-refractivity contribution in [3.05, 3.63) is 0 Å². The van der Waals surface area contributed by atoms with Crippen LogP contribution < -0.4 is 0 Å². The number of ether oxygens (including phenoxy) is 1. The Morgan fingerprint density at radius 1 is 1.45 bits per heavy atom. The molecule has 0 spiro atoms. The van der Waals surface area contributed by atoms with Gasteiger partial charge in [-0.05, 0) is 0 Å². The highest BCUT2D eigenvalue weighted by Gasteiger charge is 2.20. The first-order valence-electron chi connectivity index (χ1n) is 3.31. The lowest BCUT2D eigenvalue weighted by molar-refractivity contribution is 0.130. The van der Waals surface area contributed by atoms with E-state index in [0.29, 0.717) is 0 Å². The van der Waals surface area contributed by atoms with E-state index in [9.17, 15) is 4.79 Å². The third kappa shape index (κ3) is 2.83. The molecule has 1 heterocycles. The normalized spacial score (nSPS) is 18.4. The zero-order valence-corrected chi connectivity index (χ0v) is 8.20. The summed E-state index contributed by atoms with van der Waals surface area (Å²) in [7, 11) is 3.37. The van der Waals surface area contributed by atoms with Gasteiger partial charge in [0.05, 0.1) is 0 Å². The Balaban J connectivity index is 2.24. The van der Waals surface area contributed by atoms with Crippen LogP contribution in [0.25, 0.3) is 0 Å². The van der Waals surface area contributed by atoms with Crippen molar-refractivity contribution in [2.24, 2.45) is 0 Å². The molecule has 0 radical (unpaired) electrons. The van der Waals surface area contributed by atoms with E-state index in [-0.39, 0.29) is 10.9 Å². The molecule has 0 N–H and O–H groups in total. The highest BCUT2D eigenvalue weighted by molar-refractivity contribution is 8.19. The lowest BCUT2D eigenvalue weighted by atomic mass is 10.9. The van der Waals surface area contributed by atoms with Crippen LogP contribution in [-0.4, -0.2) is 41.4 Å². The van der Waals surface area contributed by atoms with E-state index in [0.717, 1.165) is 11.5 Å². The van der Waals surface area contributed by atoms with Crippen molar-refractivity contribution >= 4 is 29.6 Å². The second-order valence-corrected chi connectivity index (χ2v) is 4.95. The van der Waals surface area contributed by atoms with Crippen LogP contribution in [0.15, 0.2) is 0 Å². The fourth-order valence-electron chi connectivity index (χ4n) is 0.593. The summed E-state index contributed by atoms with van der Waals surface area (Å²) in [6.07, 6.45) is -0.253. The molecule has 1 amide bonds. The van der Waals surface area contributed by atoms with Crippen molar-refractivity contribution in [3.8, 4) is 0 Å². The molecular weight excluding hydrogens is 182 g/mol. The van der Waals surface area contributed by atoms with E-state index in [2.05, 4.69) is 0 Å². The Kier molecular flexibility index (Phi) is 3.39. The zero-order valence-electron chi connectivity index (χ0n) is 6.57. The van der Waals surface area contributed by atoms with Gasteiger partial charge >= 0.3 is 6.09 Å². The second-order valence-electron chi connectivity index (χ2n) is 2.31. The van der Waals surface area contributed by atoms with E-state index >= 15 is 0 Å². The lowest BCUT2D eigenvalue weighted by Crippen LogP contribution is -2.24. The van der Waals surface area contributed by atoms with Crippen molar-refractivity contribution in [2.75, 3.05) is 25.6 Å². The zero-order chi connectivity index (χ0) is 8.27. The van der Waals surface area contributed by atoms with E-state index in [1.165, 1.54) is 4.90 Å². The van der Waals surface area contributed by atoms with Crippen LogP contribution in [0, 0.1) is 0 Å². The van der Waals surface area contributed by atoms with Crippen LogP contribution in [0.4, 0.5) is 4.79 Å². The van der Waals surface area contributed by atoms with Gasteiger partial charge in [-0.3, -0.25) is 0 Å². The summed E-state index contributed by atoms with van der Waals surface area (Å²) in [5.41, 5.74) is 0. The average Bonchev–Trinajstić information content (AvgIpc) is 2.39. The molecule has 0 aromatic rings. The fraction of sp³-hybridized carbons (Fsp3) is 0.833. The SMILES string of the molecule is CN(C)C(=O)OC1SCCS1. The smallest absolute Gasteiger partial charge is 0.411 e. The van der Waals surface area contributed by atoms with Crippen LogP contribution in [0.3, 0.4) is 0 Å². The molecule has 0 aliphatic carbocycles. The molecule has 11 heavy (non-hydrogen) atoms. The molecule has 5 heteroatoms. The average molecular weight is 193 g/mol. The Morgan fingerprint density at radius 3 is 2.45 bits per heavy atom. The molecule has 1 fully saturated rings. The number of rotatable bonds is 1. The van der Waals surface area contributed by atoms with Gasteiger partial charge in [-0.15, -0.1) is 23.5 Å². The monoisotopic (exact) mass is 193 g/mol. The lowest BCUT2D eigenvalue weighted by Gasteiger charge is -2.14. The van der Waals surface area contributed by atoms with Gasteiger partial charge < -0.3 is 9.64 Å². The maximum atomic E-state index is 11.0. The number of hydrogen-bond donors (Lipinski definition) is 0. The van der Waals surface area contributed by atoms with E-state index in [4.69, 9.17) is 4.74 Å². The summed E-state index contributed by atoms with van der Waals surface area (Å²) in [5.74, 6) is 2.16. The van der Waals surface area contributed by atoms with Crippen molar-refractivity contribution in [1.82, 2.24) is 4.90 Å². The molecule has 1 saturated heterocycles. The van der Waals surface area contributed by atoms with Crippen molar-refractivity contribution in [3.63, 3.8) is 0 Å². The van der Waals surface area contributed by atoms with E-state index in [1.807, 2.05) is 0 Å². The number of amides is 1. The summed E-state index contributed by atoms with van der Waals surface area (Å²) in [5, 5.41) is 0. The minimum atomic E-state index is -0.253. The predicted molar refractivity (Wildman–Crippen MR) is 48.9 cm³/mol. The summed E-state index contributed by atoms with van der Waals surface area (Å²) < 4.78 is 5.10. The highest BCUT2D eigenvalue weighted by atomic mass is 32.2. The van der Waals surface area contributed by atoms with Crippen LogP contribution in [0.5, 0.6) is 0 Å². The minimum absolute atomic E-state index is 0.0184. The standard InChI is InChI=1S/C6H11NO2S2/c1-7(2)5(8)9-6-10-3-4-11-6/h6H,3-4H2,1-2H3. The molecule has 0 aromatic carbocycles. The van der Waals surface area contributed by atoms with Crippen LogP contribution in [0.1, 0.15) is 0 Å². The highest BCUT2D eigenvalue weighted by Crippen LogP contribution is 2.32. The largest absolute Gasteiger partial charge is 0.425 e. The Morgan fingerprint density at radius 2 is 2.00 bits per heavy atom. The number of hydrogen-bond acceptors (Lipinski definition) is 4. The second kappa shape index (κ2) is 4.11. The summed E-state index contributed by atoms with van der Waals surface area (Å²) in [6.45, 7) is 0. The van der Waals surface area contributed by atoms with Gasteiger partial charge in [0.15, 0.2) is 4.77 Å². The van der Waals surface area contributed by atoms with Crippen LogP contribution >= 0.6 is 23.5 Å². The predicted octanol–water partition coefficient (Wildman–Crippen LogP) is 1.45. The Bertz CT molecular complexity index is 146. The van der Waals surface area contributed by atoms with Gasteiger partial charge in [0, 0.05) is 25.6 Å². The minimum Gasteiger partial charge on any atom is -0.425 e. The molecule has 3 nitrogen and oxygen atoms in total. The van der Waals surface area contributed by atoms with Crippen molar-refractivity contribution < 1.29 is 9.53 Å². The molecule has 1 aliphatic heterocycles. The molecule has 0 aromatic heterocycles. The molecule has 0 bridgehead atoms. The third-order valence-electron chi connectivity index (χ3n) is 1.15. The molecule has 1 rings (SSSR count). The molecule has 64 valence electrons. The molecular formula is C6H11NO2S2. The van der Waals surface area contributed by atoms with Gasteiger partial charge in [-0.1, -0.05) is 0 Å². The number of carbonyl (C=O) groups excluding carboxylic acids is 1. The maximum absolute atomic E-state index is 11.0.